The zero-order valence-corrected chi connectivity index (χ0v) is 13.2. The largest absolute Gasteiger partial charge is 0.478 e. The molecule has 1 fully saturated rings. The van der Waals surface area contributed by atoms with Crippen molar-refractivity contribution in [1.82, 2.24) is 9.55 Å². The highest BCUT2D eigenvalue weighted by atomic mass is 32.2. The number of hydrogen-bond donors (Lipinski definition) is 1. The molecule has 1 aromatic carbocycles. The van der Waals surface area contributed by atoms with Gasteiger partial charge in [0.2, 0.25) is 0 Å². The van der Waals surface area contributed by atoms with Crippen LogP contribution >= 0.6 is 11.8 Å². The summed E-state index contributed by atoms with van der Waals surface area (Å²) in [4.78, 5) is 15.9. The van der Waals surface area contributed by atoms with E-state index in [1.165, 1.54) is 12.8 Å². The van der Waals surface area contributed by atoms with Crippen LogP contribution in [0.15, 0.2) is 18.2 Å². The molecule has 21 heavy (non-hydrogen) atoms. The second-order valence-electron chi connectivity index (χ2n) is 5.50. The van der Waals surface area contributed by atoms with Gasteiger partial charge in [0.25, 0.3) is 0 Å². The quantitative estimate of drug-likeness (QED) is 0.931. The fourth-order valence-electron chi connectivity index (χ4n) is 3.43. The second-order valence-corrected chi connectivity index (χ2v) is 7.02. The molecule has 1 heterocycles. The van der Waals surface area contributed by atoms with E-state index in [1.54, 1.807) is 6.07 Å². The van der Waals surface area contributed by atoms with Gasteiger partial charge in [0.1, 0.15) is 11.3 Å². The van der Waals surface area contributed by atoms with Crippen molar-refractivity contribution in [1.29, 1.82) is 0 Å². The molecule has 0 radical (unpaired) electrons. The van der Waals surface area contributed by atoms with Crippen LogP contribution < -0.4 is 0 Å². The lowest BCUT2D eigenvalue weighted by Gasteiger charge is -2.22. The smallest absolute Gasteiger partial charge is 0.337 e. The molecule has 2 aromatic rings. The molecule has 5 heteroatoms. The van der Waals surface area contributed by atoms with E-state index in [0.717, 1.165) is 23.5 Å². The Balaban J connectivity index is 2.12. The van der Waals surface area contributed by atoms with Gasteiger partial charge in [-0.05, 0) is 37.7 Å². The SMILES string of the molecule is CCSC1CCCC1n1c(C)nc2c(C(=O)O)cccc21. The van der Waals surface area contributed by atoms with Crippen LogP contribution in [0.2, 0.25) is 0 Å². The molecule has 4 nitrogen and oxygen atoms in total. The number of rotatable bonds is 4. The average molecular weight is 304 g/mol. The minimum Gasteiger partial charge on any atom is -0.478 e. The zero-order valence-electron chi connectivity index (χ0n) is 12.4. The van der Waals surface area contributed by atoms with Crippen molar-refractivity contribution in [2.75, 3.05) is 5.75 Å². The number of carboxylic acid groups (broad SMARTS) is 1. The third kappa shape index (κ3) is 2.44. The van der Waals surface area contributed by atoms with E-state index in [-0.39, 0.29) is 0 Å². The predicted octanol–water partition coefficient (Wildman–Crippen LogP) is 3.89. The number of fused-ring (bicyclic) bond motifs is 1. The molecule has 1 aliphatic rings. The summed E-state index contributed by atoms with van der Waals surface area (Å²) in [7, 11) is 0. The van der Waals surface area contributed by atoms with Gasteiger partial charge in [-0.15, -0.1) is 0 Å². The van der Waals surface area contributed by atoms with E-state index >= 15 is 0 Å². The normalized spacial score (nSPS) is 22.0. The molecule has 1 aromatic heterocycles. The summed E-state index contributed by atoms with van der Waals surface area (Å²) < 4.78 is 2.27. The molecule has 0 bridgehead atoms. The number of imidazole rings is 1. The summed E-state index contributed by atoms with van der Waals surface area (Å²) in [6, 6.07) is 5.88. The van der Waals surface area contributed by atoms with Gasteiger partial charge in [-0.2, -0.15) is 11.8 Å². The Bertz CT molecular complexity index is 680. The first-order valence-corrected chi connectivity index (χ1v) is 8.50. The van der Waals surface area contributed by atoms with Gasteiger partial charge in [0, 0.05) is 11.3 Å². The van der Waals surface area contributed by atoms with Gasteiger partial charge >= 0.3 is 5.97 Å². The van der Waals surface area contributed by atoms with Gasteiger partial charge in [-0.25, -0.2) is 9.78 Å². The molecule has 1 N–H and O–H groups in total. The third-order valence-corrected chi connectivity index (χ3v) is 5.57. The summed E-state index contributed by atoms with van der Waals surface area (Å²) in [6.07, 6.45) is 3.63. The highest BCUT2D eigenvalue weighted by Gasteiger charge is 2.31. The van der Waals surface area contributed by atoms with Crippen molar-refractivity contribution in [2.24, 2.45) is 0 Å². The van der Waals surface area contributed by atoms with Crippen LogP contribution in [0.4, 0.5) is 0 Å². The maximum Gasteiger partial charge on any atom is 0.337 e. The minimum atomic E-state index is -0.906. The van der Waals surface area contributed by atoms with Crippen LogP contribution in [0.1, 0.15) is 48.4 Å². The number of para-hydroxylation sites is 1. The summed E-state index contributed by atoms with van der Waals surface area (Å²) in [6.45, 7) is 4.18. The molecule has 1 saturated carbocycles. The standard InChI is InChI=1S/C16H20N2O2S/c1-3-21-14-9-5-7-12(14)18-10(2)17-15-11(16(19)20)6-4-8-13(15)18/h4,6,8,12,14H,3,5,7,9H2,1-2H3,(H,19,20). The van der Waals surface area contributed by atoms with Gasteiger partial charge in [-0.1, -0.05) is 19.4 Å². The molecule has 3 rings (SSSR count). The fourth-order valence-corrected chi connectivity index (χ4v) is 4.68. The lowest BCUT2D eigenvalue weighted by molar-refractivity contribution is 0.0699. The van der Waals surface area contributed by atoms with Gasteiger partial charge < -0.3 is 9.67 Å². The topological polar surface area (TPSA) is 55.1 Å². The number of carbonyl (C=O) groups is 1. The zero-order chi connectivity index (χ0) is 15.0. The number of aromatic carboxylic acids is 1. The van der Waals surface area contributed by atoms with Crippen LogP contribution in [0.5, 0.6) is 0 Å². The number of benzene rings is 1. The average Bonchev–Trinajstić information content (AvgIpc) is 3.01. The van der Waals surface area contributed by atoms with Crippen LogP contribution in [-0.2, 0) is 0 Å². The summed E-state index contributed by atoms with van der Waals surface area (Å²) >= 11 is 2.01. The summed E-state index contributed by atoms with van der Waals surface area (Å²) in [5.74, 6) is 1.14. The van der Waals surface area contributed by atoms with Crippen molar-refractivity contribution >= 4 is 28.8 Å². The molecule has 2 atom stereocenters. The van der Waals surface area contributed by atoms with E-state index < -0.39 is 5.97 Å². The van der Waals surface area contributed by atoms with E-state index in [9.17, 15) is 9.90 Å². The van der Waals surface area contributed by atoms with E-state index in [2.05, 4.69) is 16.5 Å². The third-order valence-electron chi connectivity index (χ3n) is 4.26. The van der Waals surface area contributed by atoms with E-state index in [4.69, 9.17) is 0 Å². The van der Waals surface area contributed by atoms with Gasteiger partial charge in [0.05, 0.1) is 11.1 Å². The highest BCUT2D eigenvalue weighted by molar-refractivity contribution is 7.99. The van der Waals surface area contributed by atoms with Crippen molar-refractivity contribution in [2.45, 2.75) is 44.4 Å². The monoisotopic (exact) mass is 304 g/mol. The maximum atomic E-state index is 11.4. The molecule has 0 amide bonds. The van der Waals surface area contributed by atoms with Gasteiger partial charge in [0.15, 0.2) is 0 Å². The lowest BCUT2D eigenvalue weighted by Crippen LogP contribution is -2.17. The molecular weight excluding hydrogens is 284 g/mol. The molecule has 2 unspecified atom stereocenters. The Kier molecular flexibility index (Phi) is 3.93. The summed E-state index contributed by atoms with van der Waals surface area (Å²) in [5.41, 5.74) is 1.88. The van der Waals surface area contributed by atoms with Crippen LogP contribution in [0.3, 0.4) is 0 Å². The number of nitrogens with zero attached hydrogens (tertiary/aromatic N) is 2. The Hall–Kier alpha value is -1.49. The van der Waals surface area contributed by atoms with E-state index in [0.29, 0.717) is 22.4 Å². The Morgan fingerprint density at radius 1 is 1.48 bits per heavy atom. The number of aryl methyl sites for hydroxylation is 1. The highest BCUT2D eigenvalue weighted by Crippen LogP contribution is 2.40. The predicted molar refractivity (Wildman–Crippen MR) is 86.2 cm³/mol. The minimum absolute atomic E-state index is 0.298. The van der Waals surface area contributed by atoms with Crippen molar-refractivity contribution in [3.63, 3.8) is 0 Å². The van der Waals surface area contributed by atoms with Crippen LogP contribution in [0.25, 0.3) is 11.0 Å². The van der Waals surface area contributed by atoms with Crippen LogP contribution in [-0.4, -0.2) is 31.6 Å². The second kappa shape index (κ2) is 5.72. The molecule has 0 saturated heterocycles. The fraction of sp³-hybridized carbons (Fsp3) is 0.500. The lowest BCUT2D eigenvalue weighted by atomic mass is 10.1. The van der Waals surface area contributed by atoms with Gasteiger partial charge in [-0.3, -0.25) is 0 Å². The maximum absolute atomic E-state index is 11.4. The van der Waals surface area contributed by atoms with Crippen molar-refractivity contribution in [3.8, 4) is 0 Å². The first-order valence-electron chi connectivity index (χ1n) is 7.46. The Morgan fingerprint density at radius 3 is 3.00 bits per heavy atom. The first-order chi connectivity index (χ1) is 10.1. The van der Waals surface area contributed by atoms with Crippen molar-refractivity contribution in [3.05, 3.63) is 29.6 Å². The van der Waals surface area contributed by atoms with E-state index in [1.807, 2.05) is 30.8 Å². The Morgan fingerprint density at radius 2 is 2.29 bits per heavy atom. The Labute approximate surface area is 128 Å². The van der Waals surface area contributed by atoms with Crippen LogP contribution in [0, 0.1) is 6.92 Å². The summed E-state index contributed by atoms with van der Waals surface area (Å²) in [5, 5.41) is 9.94. The van der Waals surface area contributed by atoms with Crippen molar-refractivity contribution < 1.29 is 9.90 Å². The number of aromatic nitrogens is 2. The number of carboxylic acids is 1. The molecular formula is C16H20N2O2S. The number of thioether (sulfide) groups is 1. The molecule has 112 valence electrons. The number of hydrogen-bond acceptors (Lipinski definition) is 3. The molecule has 0 aliphatic heterocycles. The molecule has 0 spiro atoms. The first kappa shape index (κ1) is 14.4. The molecule has 1 aliphatic carbocycles.